The van der Waals surface area contributed by atoms with E-state index < -0.39 is 11.5 Å². The SMILES string of the molecule is Cc1c(-c2ccc(CN)s2)c(F)cn2c(=O)[nH]c(=O)c(C3CC3)c12. The van der Waals surface area contributed by atoms with Gasteiger partial charge in [0.05, 0.1) is 11.7 Å². The molecule has 0 amide bonds. The lowest BCUT2D eigenvalue weighted by Crippen LogP contribution is -2.29. The molecule has 0 atom stereocenters. The molecule has 0 saturated heterocycles. The number of aromatic nitrogens is 2. The van der Waals surface area contributed by atoms with Crippen LogP contribution < -0.4 is 17.0 Å². The van der Waals surface area contributed by atoms with Crippen LogP contribution in [0.25, 0.3) is 16.0 Å². The molecule has 3 heterocycles. The standard InChI is InChI=1S/C17H16FN3O2S/c1-8-13(12-5-4-10(6-19)24-12)11(18)7-21-15(8)14(9-2-3-9)16(22)20-17(21)23/h4-5,7,9H,2-3,6,19H2,1H3,(H,20,22,23). The highest BCUT2D eigenvalue weighted by molar-refractivity contribution is 7.15. The third kappa shape index (κ3) is 2.23. The second-order valence-electron chi connectivity index (χ2n) is 6.11. The first kappa shape index (κ1) is 15.3. The minimum atomic E-state index is -0.609. The molecule has 1 fully saturated rings. The summed E-state index contributed by atoms with van der Waals surface area (Å²) < 4.78 is 16.0. The Morgan fingerprint density at radius 1 is 1.38 bits per heavy atom. The Bertz CT molecular complexity index is 1080. The lowest BCUT2D eigenvalue weighted by Gasteiger charge is -2.13. The fourth-order valence-corrected chi connectivity index (χ4v) is 4.21. The van der Waals surface area contributed by atoms with E-state index in [0.717, 1.165) is 22.6 Å². The van der Waals surface area contributed by atoms with E-state index in [1.54, 1.807) is 6.92 Å². The number of H-pyrrole nitrogens is 1. The van der Waals surface area contributed by atoms with Crippen LogP contribution in [0.2, 0.25) is 0 Å². The van der Waals surface area contributed by atoms with Crippen molar-refractivity contribution >= 4 is 16.9 Å². The molecule has 24 heavy (non-hydrogen) atoms. The third-order valence-corrected chi connectivity index (χ3v) is 5.61. The predicted molar refractivity (Wildman–Crippen MR) is 92.2 cm³/mol. The molecule has 1 aliphatic carbocycles. The van der Waals surface area contributed by atoms with Crippen molar-refractivity contribution in [3.63, 3.8) is 0 Å². The van der Waals surface area contributed by atoms with Gasteiger partial charge in [0.2, 0.25) is 0 Å². The van der Waals surface area contributed by atoms with E-state index in [4.69, 9.17) is 5.73 Å². The van der Waals surface area contributed by atoms with Gasteiger partial charge in [-0.3, -0.25) is 14.2 Å². The topological polar surface area (TPSA) is 80.4 Å². The van der Waals surface area contributed by atoms with Crippen LogP contribution in [0, 0.1) is 12.7 Å². The molecule has 3 aromatic heterocycles. The molecule has 0 spiro atoms. The molecular formula is C17H16FN3O2S. The number of aromatic amines is 1. The van der Waals surface area contributed by atoms with Crippen LogP contribution in [-0.4, -0.2) is 9.38 Å². The van der Waals surface area contributed by atoms with Gasteiger partial charge in [0, 0.05) is 27.4 Å². The second kappa shape index (κ2) is 5.39. The molecule has 3 aromatic rings. The van der Waals surface area contributed by atoms with E-state index in [1.807, 2.05) is 12.1 Å². The average Bonchev–Trinajstić information content (AvgIpc) is 3.26. The van der Waals surface area contributed by atoms with Gasteiger partial charge in [0.15, 0.2) is 0 Å². The minimum Gasteiger partial charge on any atom is -0.326 e. The summed E-state index contributed by atoms with van der Waals surface area (Å²) in [6.45, 7) is 2.16. The van der Waals surface area contributed by atoms with E-state index in [2.05, 4.69) is 4.98 Å². The number of pyridine rings is 1. The summed E-state index contributed by atoms with van der Waals surface area (Å²) in [5.41, 5.74) is 6.84. The Kier molecular flexibility index (Phi) is 3.43. The van der Waals surface area contributed by atoms with Gasteiger partial charge in [-0.25, -0.2) is 9.18 Å². The number of nitrogens with one attached hydrogen (secondary N) is 1. The van der Waals surface area contributed by atoms with Crippen LogP contribution in [0.4, 0.5) is 4.39 Å². The molecule has 0 radical (unpaired) electrons. The van der Waals surface area contributed by atoms with Gasteiger partial charge < -0.3 is 5.73 Å². The maximum Gasteiger partial charge on any atom is 0.333 e. The first-order chi connectivity index (χ1) is 11.5. The molecule has 1 saturated carbocycles. The molecular weight excluding hydrogens is 329 g/mol. The Hall–Kier alpha value is -2.25. The highest BCUT2D eigenvalue weighted by atomic mass is 32.1. The van der Waals surface area contributed by atoms with Crippen molar-refractivity contribution in [2.45, 2.75) is 32.2 Å². The van der Waals surface area contributed by atoms with Crippen LogP contribution >= 0.6 is 11.3 Å². The molecule has 0 aliphatic heterocycles. The number of rotatable bonds is 3. The summed E-state index contributed by atoms with van der Waals surface area (Å²) in [5.74, 6) is -0.342. The number of hydrogen-bond acceptors (Lipinski definition) is 4. The molecule has 5 nitrogen and oxygen atoms in total. The highest BCUT2D eigenvalue weighted by Gasteiger charge is 2.31. The highest BCUT2D eigenvalue weighted by Crippen LogP contribution is 2.42. The Morgan fingerprint density at radius 2 is 2.12 bits per heavy atom. The fourth-order valence-electron chi connectivity index (χ4n) is 3.22. The van der Waals surface area contributed by atoms with Crippen LogP contribution in [-0.2, 0) is 6.54 Å². The second-order valence-corrected chi connectivity index (χ2v) is 7.28. The number of fused-ring (bicyclic) bond motifs is 1. The zero-order valence-corrected chi connectivity index (χ0v) is 13.9. The van der Waals surface area contributed by atoms with E-state index in [1.165, 1.54) is 21.9 Å². The fraction of sp³-hybridized carbons (Fsp3) is 0.294. The zero-order chi connectivity index (χ0) is 17.0. The summed E-state index contributed by atoms with van der Waals surface area (Å²) >= 11 is 1.42. The van der Waals surface area contributed by atoms with E-state index in [0.29, 0.717) is 28.8 Å². The van der Waals surface area contributed by atoms with Gasteiger partial charge in [-0.2, -0.15) is 0 Å². The smallest absolute Gasteiger partial charge is 0.326 e. The summed E-state index contributed by atoms with van der Waals surface area (Å²) in [4.78, 5) is 28.4. The molecule has 7 heteroatoms. The van der Waals surface area contributed by atoms with Crippen LogP contribution in [0.5, 0.6) is 0 Å². The number of nitrogens with zero attached hydrogens (tertiary/aromatic N) is 1. The molecule has 0 aromatic carbocycles. The summed E-state index contributed by atoms with van der Waals surface area (Å²) in [6, 6.07) is 3.70. The number of aryl methyl sites for hydroxylation is 1. The van der Waals surface area contributed by atoms with Crippen LogP contribution in [0.15, 0.2) is 27.9 Å². The number of hydrogen-bond donors (Lipinski definition) is 2. The lowest BCUT2D eigenvalue weighted by molar-refractivity contribution is 0.619. The molecule has 0 bridgehead atoms. The number of nitrogens with two attached hydrogens (primary N) is 1. The minimum absolute atomic E-state index is 0.143. The molecule has 0 unspecified atom stereocenters. The van der Waals surface area contributed by atoms with E-state index >= 15 is 0 Å². The van der Waals surface area contributed by atoms with Crippen molar-refractivity contribution in [2.75, 3.05) is 0 Å². The maximum atomic E-state index is 14.7. The van der Waals surface area contributed by atoms with Gasteiger partial charge in [-0.15, -0.1) is 11.3 Å². The van der Waals surface area contributed by atoms with Crippen molar-refractivity contribution in [1.29, 1.82) is 0 Å². The molecule has 1 aliphatic rings. The van der Waals surface area contributed by atoms with Crippen molar-refractivity contribution in [3.8, 4) is 10.4 Å². The number of halogens is 1. The molecule has 3 N–H and O–H groups in total. The molecule has 124 valence electrons. The first-order valence-corrected chi connectivity index (χ1v) is 8.59. The first-order valence-electron chi connectivity index (χ1n) is 7.78. The quantitative estimate of drug-likeness (QED) is 0.765. The van der Waals surface area contributed by atoms with E-state index in [9.17, 15) is 14.0 Å². The summed E-state index contributed by atoms with van der Waals surface area (Å²) in [5, 5.41) is 0. The van der Waals surface area contributed by atoms with Crippen molar-refractivity contribution < 1.29 is 4.39 Å². The number of thiophene rings is 1. The van der Waals surface area contributed by atoms with Gasteiger partial charge in [-0.1, -0.05) is 0 Å². The van der Waals surface area contributed by atoms with Crippen LogP contribution in [0.1, 0.15) is 34.8 Å². The maximum absolute atomic E-state index is 14.7. The third-order valence-electron chi connectivity index (χ3n) is 4.49. The predicted octanol–water partition coefficient (Wildman–Crippen LogP) is 2.50. The van der Waals surface area contributed by atoms with Gasteiger partial charge >= 0.3 is 5.69 Å². The summed E-state index contributed by atoms with van der Waals surface area (Å²) in [7, 11) is 0. The van der Waals surface area contributed by atoms with Crippen molar-refractivity contribution in [2.24, 2.45) is 5.73 Å². The van der Waals surface area contributed by atoms with Gasteiger partial charge in [-0.05, 0) is 43.4 Å². The zero-order valence-electron chi connectivity index (χ0n) is 13.1. The van der Waals surface area contributed by atoms with Crippen molar-refractivity contribution in [3.05, 3.63) is 61.0 Å². The van der Waals surface area contributed by atoms with Gasteiger partial charge in [0.25, 0.3) is 5.56 Å². The summed E-state index contributed by atoms with van der Waals surface area (Å²) in [6.07, 6.45) is 3.00. The largest absolute Gasteiger partial charge is 0.333 e. The monoisotopic (exact) mass is 345 g/mol. The Labute approximate surface area is 140 Å². The Morgan fingerprint density at radius 3 is 2.75 bits per heavy atom. The average molecular weight is 345 g/mol. The van der Waals surface area contributed by atoms with E-state index in [-0.39, 0.29) is 11.5 Å². The van der Waals surface area contributed by atoms with Crippen LogP contribution in [0.3, 0.4) is 0 Å². The lowest BCUT2D eigenvalue weighted by atomic mass is 10.0. The normalized spacial score (nSPS) is 14.5. The molecule has 4 rings (SSSR count). The Balaban J connectivity index is 2.11. The van der Waals surface area contributed by atoms with Crippen molar-refractivity contribution in [1.82, 2.24) is 9.38 Å². The van der Waals surface area contributed by atoms with Gasteiger partial charge in [0.1, 0.15) is 5.82 Å².